The van der Waals surface area contributed by atoms with Crippen molar-refractivity contribution in [3.63, 3.8) is 0 Å². The van der Waals surface area contributed by atoms with Crippen molar-refractivity contribution in [1.82, 2.24) is 9.88 Å². The van der Waals surface area contributed by atoms with Crippen molar-refractivity contribution >= 4 is 5.69 Å². The van der Waals surface area contributed by atoms with Crippen molar-refractivity contribution < 1.29 is 4.74 Å². The van der Waals surface area contributed by atoms with Crippen LogP contribution in [-0.2, 0) is 6.54 Å². The van der Waals surface area contributed by atoms with E-state index >= 15 is 0 Å². The Bertz CT molecular complexity index is 516. The first kappa shape index (κ1) is 14.3. The van der Waals surface area contributed by atoms with Gasteiger partial charge in [-0.3, -0.25) is 9.88 Å². The lowest BCUT2D eigenvalue weighted by Gasteiger charge is -2.20. The highest BCUT2D eigenvalue weighted by Crippen LogP contribution is 2.19. The van der Waals surface area contributed by atoms with E-state index in [0.29, 0.717) is 12.3 Å². The van der Waals surface area contributed by atoms with Crippen molar-refractivity contribution in [3.05, 3.63) is 54.4 Å². The molecule has 1 heterocycles. The second kappa shape index (κ2) is 7.50. The molecule has 4 heteroatoms. The molecular weight excluding hydrogens is 250 g/mol. The van der Waals surface area contributed by atoms with Crippen LogP contribution in [0.1, 0.15) is 12.5 Å². The minimum atomic E-state index is 0.632. The van der Waals surface area contributed by atoms with Gasteiger partial charge in [0, 0.05) is 25.5 Å². The van der Waals surface area contributed by atoms with E-state index in [1.54, 1.807) is 0 Å². The average molecular weight is 271 g/mol. The number of anilines is 1. The van der Waals surface area contributed by atoms with E-state index in [4.69, 9.17) is 10.5 Å². The van der Waals surface area contributed by atoms with Gasteiger partial charge in [0.1, 0.15) is 12.4 Å². The van der Waals surface area contributed by atoms with Crippen LogP contribution < -0.4 is 10.5 Å². The van der Waals surface area contributed by atoms with Gasteiger partial charge in [0.25, 0.3) is 0 Å². The van der Waals surface area contributed by atoms with E-state index < -0.39 is 0 Å². The molecule has 0 saturated carbocycles. The normalized spacial score (nSPS) is 10.7. The van der Waals surface area contributed by atoms with Gasteiger partial charge in [-0.1, -0.05) is 19.1 Å². The molecule has 0 atom stereocenters. The third kappa shape index (κ3) is 4.24. The number of pyridine rings is 1. The number of nitrogens with zero attached hydrogens (tertiary/aromatic N) is 2. The standard InChI is InChI=1S/C16H21N3O/c1-2-19(13-14-7-9-18-10-8-14)11-12-20-16-6-4-3-5-15(16)17/h3-10H,2,11-13,17H2,1H3. The summed E-state index contributed by atoms with van der Waals surface area (Å²) in [6, 6.07) is 11.7. The van der Waals surface area contributed by atoms with Gasteiger partial charge in [-0.2, -0.15) is 0 Å². The Morgan fingerprint density at radius 2 is 1.90 bits per heavy atom. The number of nitrogens with two attached hydrogens (primary N) is 1. The monoisotopic (exact) mass is 271 g/mol. The summed E-state index contributed by atoms with van der Waals surface area (Å²) < 4.78 is 5.73. The van der Waals surface area contributed by atoms with E-state index in [9.17, 15) is 0 Å². The summed E-state index contributed by atoms with van der Waals surface area (Å²) in [6.45, 7) is 5.54. The van der Waals surface area contributed by atoms with E-state index in [1.807, 2.05) is 48.8 Å². The van der Waals surface area contributed by atoms with Gasteiger partial charge < -0.3 is 10.5 Å². The summed E-state index contributed by atoms with van der Waals surface area (Å²) in [5.41, 5.74) is 7.80. The highest BCUT2D eigenvalue weighted by Gasteiger charge is 2.05. The quantitative estimate of drug-likeness (QED) is 0.786. The zero-order valence-corrected chi connectivity index (χ0v) is 11.8. The van der Waals surface area contributed by atoms with Crippen molar-refractivity contribution in [3.8, 4) is 5.75 Å². The Kier molecular flexibility index (Phi) is 5.38. The Hall–Kier alpha value is -2.07. The minimum absolute atomic E-state index is 0.632. The molecule has 0 amide bonds. The molecule has 0 spiro atoms. The molecule has 0 fully saturated rings. The molecule has 0 aliphatic rings. The molecule has 0 saturated heterocycles. The molecule has 20 heavy (non-hydrogen) atoms. The zero-order chi connectivity index (χ0) is 14.2. The summed E-state index contributed by atoms with van der Waals surface area (Å²) in [4.78, 5) is 6.36. The Balaban J connectivity index is 1.81. The van der Waals surface area contributed by atoms with Gasteiger partial charge in [0.2, 0.25) is 0 Å². The second-order valence-corrected chi connectivity index (χ2v) is 4.61. The predicted octanol–water partition coefficient (Wildman–Crippen LogP) is 2.56. The number of likely N-dealkylation sites (N-methyl/N-ethyl adjacent to an activating group) is 1. The molecule has 0 unspecified atom stereocenters. The molecule has 2 aromatic rings. The molecule has 2 N–H and O–H groups in total. The Morgan fingerprint density at radius 3 is 2.60 bits per heavy atom. The largest absolute Gasteiger partial charge is 0.490 e. The Morgan fingerprint density at radius 1 is 1.15 bits per heavy atom. The smallest absolute Gasteiger partial charge is 0.142 e. The van der Waals surface area contributed by atoms with Gasteiger partial charge in [0.15, 0.2) is 0 Å². The van der Waals surface area contributed by atoms with Gasteiger partial charge in [0.05, 0.1) is 5.69 Å². The molecule has 1 aromatic heterocycles. The second-order valence-electron chi connectivity index (χ2n) is 4.61. The first-order valence-electron chi connectivity index (χ1n) is 6.88. The maximum Gasteiger partial charge on any atom is 0.142 e. The van der Waals surface area contributed by atoms with Crippen molar-refractivity contribution in [2.24, 2.45) is 0 Å². The molecule has 0 radical (unpaired) electrons. The van der Waals surface area contributed by atoms with Crippen LogP contribution in [0.2, 0.25) is 0 Å². The lowest BCUT2D eigenvalue weighted by molar-refractivity contribution is 0.210. The topological polar surface area (TPSA) is 51.4 Å². The molecule has 1 aromatic carbocycles. The number of hydrogen-bond donors (Lipinski definition) is 1. The number of hydrogen-bond acceptors (Lipinski definition) is 4. The SMILES string of the molecule is CCN(CCOc1ccccc1N)Cc1ccncc1. The van der Waals surface area contributed by atoms with E-state index in [0.717, 1.165) is 25.4 Å². The predicted molar refractivity (Wildman–Crippen MR) is 81.5 cm³/mol. The lowest BCUT2D eigenvalue weighted by atomic mass is 10.2. The first-order valence-corrected chi connectivity index (χ1v) is 6.88. The van der Waals surface area contributed by atoms with Crippen LogP contribution in [0.4, 0.5) is 5.69 Å². The molecule has 0 bridgehead atoms. The molecule has 0 aliphatic heterocycles. The molecule has 4 nitrogen and oxygen atoms in total. The number of benzene rings is 1. The fourth-order valence-electron chi connectivity index (χ4n) is 1.99. The summed E-state index contributed by atoms with van der Waals surface area (Å²) in [5, 5.41) is 0. The average Bonchev–Trinajstić information content (AvgIpc) is 2.49. The minimum Gasteiger partial charge on any atom is -0.490 e. The summed E-state index contributed by atoms with van der Waals surface area (Å²) >= 11 is 0. The van der Waals surface area contributed by atoms with Gasteiger partial charge in [-0.15, -0.1) is 0 Å². The highest BCUT2D eigenvalue weighted by atomic mass is 16.5. The number of aromatic nitrogens is 1. The van der Waals surface area contributed by atoms with Crippen LogP contribution in [0.15, 0.2) is 48.8 Å². The lowest BCUT2D eigenvalue weighted by Crippen LogP contribution is -2.28. The fraction of sp³-hybridized carbons (Fsp3) is 0.312. The Labute approximate surface area is 120 Å². The van der Waals surface area contributed by atoms with Crippen LogP contribution in [0, 0.1) is 0 Å². The molecular formula is C16H21N3O. The van der Waals surface area contributed by atoms with Crippen molar-refractivity contribution in [2.45, 2.75) is 13.5 Å². The van der Waals surface area contributed by atoms with E-state index in [-0.39, 0.29) is 0 Å². The molecule has 2 rings (SSSR count). The zero-order valence-electron chi connectivity index (χ0n) is 11.8. The molecule has 106 valence electrons. The van der Waals surface area contributed by atoms with Crippen LogP contribution in [0.3, 0.4) is 0 Å². The third-order valence-corrected chi connectivity index (χ3v) is 3.19. The number of nitrogen functional groups attached to an aromatic ring is 1. The maximum absolute atomic E-state index is 5.85. The van der Waals surface area contributed by atoms with Gasteiger partial charge in [-0.25, -0.2) is 0 Å². The van der Waals surface area contributed by atoms with Gasteiger partial charge in [-0.05, 0) is 36.4 Å². The highest BCUT2D eigenvalue weighted by molar-refractivity contribution is 5.51. The number of rotatable bonds is 7. The summed E-state index contributed by atoms with van der Waals surface area (Å²) in [7, 11) is 0. The van der Waals surface area contributed by atoms with Crippen LogP contribution >= 0.6 is 0 Å². The van der Waals surface area contributed by atoms with Crippen LogP contribution in [0.5, 0.6) is 5.75 Å². The third-order valence-electron chi connectivity index (χ3n) is 3.19. The van der Waals surface area contributed by atoms with E-state index in [1.165, 1.54) is 5.56 Å². The fourth-order valence-corrected chi connectivity index (χ4v) is 1.99. The molecule has 0 aliphatic carbocycles. The maximum atomic E-state index is 5.85. The first-order chi connectivity index (χ1) is 9.79. The van der Waals surface area contributed by atoms with Crippen molar-refractivity contribution in [1.29, 1.82) is 0 Å². The van der Waals surface area contributed by atoms with Crippen LogP contribution in [-0.4, -0.2) is 29.6 Å². The van der Waals surface area contributed by atoms with Crippen molar-refractivity contribution in [2.75, 3.05) is 25.4 Å². The summed E-state index contributed by atoms with van der Waals surface area (Å²) in [6.07, 6.45) is 3.65. The number of para-hydroxylation sites is 2. The van der Waals surface area contributed by atoms with E-state index in [2.05, 4.69) is 16.8 Å². The van der Waals surface area contributed by atoms with Crippen LogP contribution in [0.25, 0.3) is 0 Å². The summed E-state index contributed by atoms with van der Waals surface area (Å²) in [5.74, 6) is 0.757. The number of ether oxygens (including phenoxy) is 1. The van der Waals surface area contributed by atoms with Gasteiger partial charge >= 0.3 is 0 Å².